The summed E-state index contributed by atoms with van der Waals surface area (Å²) in [6.07, 6.45) is 3.73. The molecule has 2 heterocycles. The number of thioether (sulfide) groups is 1. The molecule has 2 aromatic heterocycles. The lowest BCUT2D eigenvalue weighted by Crippen LogP contribution is -2.16. The van der Waals surface area contributed by atoms with Crippen LogP contribution in [0.4, 0.5) is 5.69 Å². The number of nitrogens with one attached hydrogen (secondary N) is 1. The molecule has 0 bridgehead atoms. The minimum atomic E-state index is -0.230. The van der Waals surface area contributed by atoms with Crippen molar-refractivity contribution in [1.29, 1.82) is 0 Å². The molecule has 0 saturated carbocycles. The standard InChI is InChI=1S/C21H17Cl2N5O2S/c1-30-18-9-8-14(22)12-17(18)24-19(29)13-31-21-26-25-20(15-6-2-3-7-16(15)23)28(21)27-10-4-5-11-27/h2-12H,13H2,1H3,(H,24,29). The Hall–Kier alpha value is -2.94. The van der Waals surface area contributed by atoms with Crippen LogP contribution in [0.25, 0.3) is 11.4 Å². The summed E-state index contributed by atoms with van der Waals surface area (Å²) < 4.78 is 8.91. The van der Waals surface area contributed by atoms with Gasteiger partial charge in [0.05, 0.1) is 23.6 Å². The number of aromatic nitrogens is 4. The number of hydrogen-bond acceptors (Lipinski definition) is 5. The first-order chi connectivity index (χ1) is 15.1. The highest BCUT2D eigenvalue weighted by atomic mass is 35.5. The number of rotatable bonds is 7. The van der Waals surface area contributed by atoms with E-state index in [0.717, 1.165) is 5.56 Å². The summed E-state index contributed by atoms with van der Waals surface area (Å²) in [4.78, 5) is 12.6. The molecule has 4 rings (SSSR count). The smallest absolute Gasteiger partial charge is 0.234 e. The fraction of sp³-hybridized carbons (Fsp3) is 0.0952. The molecule has 7 nitrogen and oxygen atoms in total. The highest BCUT2D eigenvalue weighted by Crippen LogP contribution is 2.30. The van der Waals surface area contributed by atoms with E-state index in [1.54, 1.807) is 28.9 Å². The van der Waals surface area contributed by atoms with Crippen LogP contribution in [0.1, 0.15) is 0 Å². The third-order valence-corrected chi connectivity index (χ3v) is 5.80. The van der Waals surface area contributed by atoms with Crippen molar-refractivity contribution in [2.75, 3.05) is 18.2 Å². The number of methoxy groups -OCH3 is 1. The van der Waals surface area contributed by atoms with Crippen LogP contribution in [-0.4, -0.2) is 38.3 Å². The zero-order valence-corrected chi connectivity index (χ0v) is 18.7. The van der Waals surface area contributed by atoms with E-state index in [9.17, 15) is 4.79 Å². The molecule has 0 aliphatic carbocycles. The molecule has 1 amide bonds. The number of carbonyl (C=O) groups excluding carboxylic acids is 1. The summed E-state index contributed by atoms with van der Waals surface area (Å²) in [7, 11) is 1.53. The summed E-state index contributed by atoms with van der Waals surface area (Å²) in [5, 5.41) is 13.0. The predicted molar refractivity (Wildman–Crippen MR) is 123 cm³/mol. The number of amides is 1. The van der Waals surface area contributed by atoms with Crippen LogP contribution in [-0.2, 0) is 4.79 Å². The molecule has 1 N–H and O–H groups in total. The SMILES string of the molecule is COc1ccc(Cl)cc1NC(=O)CSc1nnc(-c2ccccc2Cl)n1-n1cccc1. The molecule has 0 aliphatic rings. The Balaban J connectivity index is 1.58. The summed E-state index contributed by atoms with van der Waals surface area (Å²) in [5.74, 6) is 0.977. The molecule has 4 aromatic rings. The molecule has 158 valence electrons. The van der Waals surface area contributed by atoms with E-state index in [2.05, 4.69) is 15.5 Å². The van der Waals surface area contributed by atoms with E-state index < -0.39 is 0 Å². The van der Waals surface area contributed by atoms with Crippen LogP contribution in [0.2, 0.25) is 10.0 Å². The number of nitrogens with zero attached hydrogens (tertiary/aromatic N) is 4. The molecule has 0 spiro atoms. The Morgan fingerprint density at radius 1 is 1.10 bits per heavy atom. The molecular formula is C21H17Cl2N5O2S. The van der Waals surface area contributed by atoms with Gasteiger partial charge in [-0.15, -0.1) is 10.2 Å². The molecule has 0 atom stereocenters. The van der Waals surface area contributed by atoms with E-state index in [-0.39, 0.29) is 11.7 Å². The molecule has 31 heavy (non-hydrogen) atoms. The number of halogens is 2. The van der Waals surface area contributed by atoms with E-state index in [0.29, 0.717) is 32.5 Å². The molecular weight excluding hydrogens is 457 g/mol. The van der Waals surface area contributed by atoms with Crippen LogP contribution in [0, 0.1) is 0 Å². The van der Waals surface area contributed by atoms with Gasteiger partial charge in [-0.05, 0) is 42.5 Å². The second kappa shape index (κ2) is 9.47. The van der Waals surface area contributed by atoms with Crippen molar-refractivity contribution in [2.45, 2.75) is 5.16 Å². The van der Waals surface area contributed by atoms with E-state index in [1.165, 1.54) is 18.9 Å². The van der Waals surface area contributed by atoms with Crippen LogP contribution < -0.4 is 10.1 Å². The molecule has 0 unspecified atom stereocenters. The van der Waals surface area contributed by atoms with Crippen LogP contribution >= 0.6 is 35.0 Å². The fourth-order valence-electron chi connectivity index (χ4n) is 2.93. The first-order valence-electron chi connectivity index (χ1n) is 9.17. The summed E-state index contributed by atoms with van der Waals surface area (Å²) in [5.41, 5.74) is 1.24. The number of carbonyl (C=O) groups is 1. The van der Waals surface area contributed by atoms with E-state index in [1.807, 2.05) is 47.4 Å². The van der Waals surface area contributed by atoms with Crippen molar-refractivity contribution >= 4 is 46.6 Å². The average molecular weight is 474 g/mol. The minimum absolute atomic E-state index is 0.109. The van der Waals surface area contributed by atoms with Gasteiger partial charge in [-0.3, -0.25) is 9.47 Å². The maximum absolute atomic E-state index is 12.6. The second-order valence-electron chi connectivity index (χ2n) is 6.34. The van der Waals surface area contributed by atoms with Crippen molar-refractivity contribution in [3.05, 3.63) is 77.0 Å². The average Bonchev–Trinajstić information content (AvgIpc) is 3.42. The number of benzene rings is 2. The van der Waals surface area contributed by atoms with Gasteiger partial charge in [-0.1, -0.05) is 47.1 Å². The molecule has 2 aromatic carbocycles. The normalized spacial score (nSPS) is 10.8. The van der Waals surface area contributed by atoms with Crippen molar-refractivity contribution in [3.8, 4) is 17.1 Å². The molecule has 0 aliphatic heterocycles. The van der Waals surface area contributed by atoms with Crippen LogP contribution in [0.5, 0.6) is 5.75 Å². The maximum Gasteiger partial charge on any atom is 0.234 e. The van der Waals surface area contributed by atoms with Gasteiger partial charge in [0.15, 0.2) is 5.82 Å². The predicted octanol–water partition coefficient (Wildman–Crippen LogP) is 5.10. The van der Waals surface area contributed by atoms with Crippen molar-refractivity contribution in [2.24, 2.45) is 0 Å². The van der Waals surface area contributed by atoms with Gasteiger partial charge in [-0.25, -0.2) is 4.68 Å². The Labute approximate surface area is 192 Å². The van der Waals surface area contributed by atoms with Crippen molar-refractivity contribution in [3.63, 3.8) is 0 Å². The highest BCUT2D eigenvalue weighted by Gasteiger charge is 2.19. The van der Waals surface area contributed by atoms with Gasteiger partial charge in [0.2, 0.25) is 11.1 Å². The maximum atomic E-state index is 12.6. The van der Waals surface area contributed by atoms with Crippen molar-refractivity contribution < 1.29 is 9.53 Å². The van der Waals surface area contributed by atoms with Gasteiger partial charge >= 0.3 is 0 Å². The van der Waals surface area contributed by atoms with E-state index in [4.69, 9.17) is 27.9 Å². The Kier molecular flexibility index (Phi) is 6.50. The molecule has 10 heteroatoms. The molecule has 0 fully saturated rings. The van der Waals surface area contributed by atoms with Crippen molar-refractivity contribution in [1.82, 2.24) is 19.5 Å². The Bertz CT molecular complexity index is 1210. The lowest BCUT2D eigenvalue weighted by atomic mass is 10.2. The third-order valence-electron chi connectivity index (χ3n) is 4.31. The van der Waals surface area contributed by atoms with E-state index >= 15 is 0 Å². The fourth-order valence-corrected chi connectivity index (χ4v) is 4.05. The zero-order valence-electron chi connectivity index (χ0n) is 16.3. The first-order valence-corrected chi connectivity index (χ1v) is 10.9. The quantitative estimate of drug-likeness (QED) is 0.377. The Morgan fingerprint density at radius 3 is 2.61 bits per heavy atom. The summed E-state index contributed by atoms with van der Waals surface area (Å²) in [6.45, 7) is 0. The summed E-state index contributed by atoms with van der Waals surface area (Å²) >= 11 is 13.7. The monoisotopic (exact) mass is 473 g/mol. The van der Waals surface area contributed by atoms with Gasteiger partial charge in [0, 0.05) is 23.0 Å². The second-order valence-corrected chi connectivity index (χ2v) is 8.13. The van der Waals surface area contributed by atoms with Gasteiger partial charge < -0.3 is 10.1 Å². The number of ether oxygens (including phenoxy) is 1. The number of anilines is 1. The van der Waals surface area contributed by atoms with Gasteiger partial charge in [0.25, 0.3) is 0 Å². The highest BCUT2D eigenvalue weighted by molar-refractivity contribution is 7.99. The zero-order chi connectivity index (χ0) is 21.8. The first kappa shape index (κ1) is 21.3. The molecule has 0 saturated heterocycles. The van der Waals surface area contributed by atoms with Gasteiger partial charge in [-0.2, -0.15) is 0 Å². The van der Waals surface area contributed by atoms with Gasteiger partial charge in [0.1, 0.15) is 5.75 Å². The summed E-state index contributed by atoms with van der Waals surface area (Å²) in [6, 6.07) is 16.2. The third kappa shape index (κ3) is 4.71. The Morgan fingerprint density at radius 2 is 1.87 bits per heavy atom. The number of hydrogen-bond donors (Lipinski definition) is 1. The van der Waals surface area contributed by atoms with Crippen LogP contribution in [0.15, 0.2) is 72.1 Å². The largest absolute Gasteiger partial charge is 0.495 e. The lowest BCUT2D eigenvalue weighted by molar-refractivity contribution is -0.113. The molecule has 0 radical (unpaired) electrons. The topological polar surface area (TPSA) is 74.0 Å². The van der Waals surface area contributed by atoms with Crippen LogP contribution in [0.3, 0.4) is 0 Å². The minimum Gasteiger partial charge on any atom is -0.495 e. The lowest BCUT2D eigenvalue weighted by Gasteiger charge is -2.12.